The molecule has 53 heavy (non-hydrogen) atoms. The quantitative estimate of drug-likeness (QED) is 0.223. The van der Waals surface area contributed by atoms with E-state index in [1.807, 2.05) is 27.7 Å². The summed E-state index contributed by atoms with van der Waals surface area (Å²) in [5.41, 5.74) is -1.33. The van der Waals surface area contributed by atoms with E-state index in [4.69, 9.17) is 33.2 Å². The molecular weight excluding hydrogens is 688 g/mol. The molecule has 13 heteroatoms. The summed E-state index contributed by atoms with van der Waals surface area (Å²) in [5.74, 6) is -6.44. The van der Waals surface area contributed by atoms with Crippen molar-refractivity contribution in [3.05, 3.63) is 0 Å². The summed E-state index contributed by atoms with van der Waals surface area (Å²) in [6.07, 6.45) is 1.18. The number of aliphatic carboxylic acids is 1. The summed E-state index contributed by atoms with van der Waals surface area (Å²) < 4.78 is 44.8. The number of aliphatic hydroxyl groups excluding tert-OH is 1. The Labute approximate surface area is 315 Å². The first kappa shape index (κ1) is 42.3. The molecular formula is C40H66O13. The third-order valence-corrected chi connectivity index (χ3v) is 13.4. The second-order valence-corrected chi connectivity index (χ2v) is 17.7. The normalized spacial score (nSPS) is 46.2. The molecule has 5 aliphatic heterocycles. The first-order chi connectivity index (χ1) is 24.7. The van der Waals surface area contributed by atoms with Crippen LogP contribution >= 0.6 is 0 Å². The van der Waals surface area contributed by atoms with Gasteiger partial charge in [0.15, 0.2) is 5.79 Å². The van der Waals surface area contributed by atoms with Crippen molar-refractivity contribution in [3.63, 3.8) is 0 Å². The molecule has 17 atom stereocenters. The maximum atomic E-state index is 12.4. The van der Waals surface area contributed by atoms with Gasteiger partial charge in [0.1, 0.15) is 12.7 Å². The van der Waals surface area contributed by atoms with E-state index in [1.165, 1.54) is 6.92 Å². The Bertz CT molecular complexity index is 1330. The average Bonchev–Trinajstić information content (AvgIpc) is 3.81. The van der Waals surface area contributed by atoms with E-state index >= 15 is 0 Å². The zero-order chi connectivity index (χ0) is 39.3. The fraction of sp³-hybridized carbons (Fsp3) is 0.925. The van der Waals surface area contributed by atoms with Crippen LogP contribution in [0.2, 0.25) is 0 Å². The molecule has 0 bridgehead atoms. The van der Waals surface area contributed by atoms with Crippen LogP contribution in [-0.2, 0) is 47.5 Å². The maximum Gasteiger partial charge on any atom is 0.309 e. The number of hydrogen-bond donors (Lipinski definition) is 3. The summed E-state index contributed by atoms with van der Waals surface area (Å²) in [4.78, 5) is 36.3. The SMILES string of the molecule is CCC(=O)OC[C@]1(O)O[C@H]([C@@H]2C[C@H](C)[C@H]([C@@]3(C)CC[C@H]([C@@]4(C)CC[C@]5(C[C@H](O)[C@@H](C)[C@@H]([C@@H](C)[C@@H](OC(=O)CC)[C@H](C)C(=O)O)O5)O4)O3)O2)[C@@H](C)C[C@H]1C. The van der Waals surface area contributed by atoms with Gasteiger partial charge in [-0.25, -0.2) is 0 Å². The molecule has 3 N–H and O–H groups in total. The van der Waals surface area contributed by atoms with Gasteiger partial charge in [-0.1, -0.05) is 48.5 Å². The van der Waals surface area contributed by atoms with Crippen molar-refractivity contribution in [3.8, 4) is 0 Å². The van der Waals surface area contributed by atoms with Crippen LogP contribution < -0.4 is 0 Å². The molecule has 0 aromatic carbocycles. The summed E-state index contributed by atoms with van der Waals surface area (Å²) in [6, 6.07) is 0. The average molecular weight is 755 g/mol. The van der Waals surface area contributed by atoms with Crippen LogP contribution in [0.25, 0.3) is 0 Å². The van der Waals surface area contributed by atoms with Gasteiger partial charge in [-0.15, -0.1) is 0 Å². The monoisotopic (exact) mass is 754 g/mol. The van der Waals surface area contributed by atoms with Gasteiger partial charge in [0.05, 0.1) is 53.7 Å². The Morgan fingerprint density at radius 1 is 0.887 bits per heavy atom. The Morgan fingerprint density at radius 2 is 1.57 bits per heavy atom. The predicted octanol–water partition coefficient (Wildman–Crippen LogP) is 5.15. The van der Waals surface area contributed by atoms with Gasteiger partial charge in [-0.05, 0) is 64.7 Å². The molecule has 5 rings (SSSR count). The molecule has 0 radical (unpaired) electrons. The number of esters is 2. The molecule has 5 heterocycles. The van der Waals surface area contributed by atoms with E-state index in [2.05, 4.69) is 20.8 Å². The predicted molar refractivity (Wildman–Crippen MR) is 191 cm³/mol. The first-order valence-electron chi connectivity index (χ1n) is 20.1. The van der Waals surface area contributed by atoms with Crippen molar-refractivity contribution in [2.75, 3.05) is 6.61 Å². The number of carbonyl (C=O) groups is 3. The minimum absolute atomic E-state index is 0.115. The molecule has 5 saturated heterocycles. The van der Waals surface area contributed by atoms with Crippen LogP contribution in [0.3, 0.4) is 0 Å². The van der Waals surface area contributed by atoms with Crippen molar-refractivity contribution < 1.29 is 62.9 Å². The van der Waals surface area contributed by atoms with E-state index in [9.17, 15) is 29.7 Å². The van der Waals surface area contributed by atoms with Crippen LogP contribution in [-0.4, -0.2) is 105 Å². The van der Waals surface area contributed by atoms with E-state index in [0.717, 1.165) is 19.3 Å². The third-order valence-electron chi connectivity index (χ3n) is 13.4. The molecule has 0 aromatic heterocycles. The molecule has 0 aliphatic carbocycles. The van der Waals surface area contributed by atoms with Crippen LogP contribution in [0.5, 0.6) is 0 Å². The van der Waals surface area contributed by atoms with Crippen molar-refractivity contribution >= 4 is 17.9 Å². The van der Waals surface area contributed by atoms with Crippen molar-refractivity contribution in [1.29, 1.82) is 0 Å². The van der Waals surface area contributed by atoms with Gasteiger partial charge in [-0.2, -0.15) is 0 Å². The molecule has 304 valence electrons. The van der Waals surface area contributed by atoms with Crippen LogP contribution in [0.15, 0.2) is 0 Å². The lowest BCUT2D eigenvalue weighted by molar-refractivity contribution is -0.335. The fourth-order valence-corrected chi connectivity index (χ4v) is 9.93. The molecule has 5 aliphatic rings. The smallest absolute Gasteiger partial charge is 0.309 e. The fourth-order valence-electron chi connectivity index (χ4n) is 9.93. The Balaban J connectivity index is 1.26. The number of aliphatic hydroxyl groups is 2. The lowest BCUT2D eigenvalue weighted by Gasteiger charge is -2.48. The van der Waals surface area contributed by atoms with E-state index in [-0.39, 0.29) is 79.9 Å². The lowest BCUT2D eigenvalue weighted by Crippen LogP contribution is -2.57. The largest absolute Gasteiger partial charge is 0.481 e. The number of ether oxygens (including phenoxy) is 7. The van der Waals surface area contributed by atoms with Crippen LogP contribution in [0, 0.1) is 35.5 Å². The molecule has 0 unspecified atom stereocenters. The van der Waals surface area contributed by atoms with Gasteiger partial charge in [0, 0.05) is 43.4 Å². The van der Waals surface area contributed by atoms with Crippen LogP contribution in [0.1, 0.15) is 127 Å². The standard InChI is InChI=1S/C40H66O13/c1-11-30(42)47-20-40(46)23(5)17-21(3)32(52-40)28-18-22(4)35(48-28)38(10)14-13-29(50-38)37(9)15-16-39(53-37)19-27(41)24(6)34(51-39)25(7)33(26(8)36(44)45)49-31(43)12-2/h21-29,32-35,41,46H,11-20H2,1-10H3,(H,44,45)/t21-,22-,23+,24+,25-,26-,27-,28-,29+,32-,33+,34-,35+,37+,38+,39+,40-/m0/s1. The lowest BCUT2D eigenvalue weighted by atomic mass is 9.78. The number of carboxylic acid groups (broad SMARTS) is 1. The van der Waals surface area contributed by atoms with Gasteiger partial charge >= 0.3 is 17.9 Å². The van der Waals surface area contributed by atoms with Crippen LogP contribution in [0.4, 0.5) is 0 Å². The Morgan fingerprint density at radius 3 is 2.21 bits per heavy atom. The minimum Gasteiger partial charge on any atom is -0.481 e. The molecule has 0 aromatic rings. The summed E-state index contributed by atoms with van der Waals surface area (Å²) in [7, 11) is 0. The van der Waals surface area contributed by atoms with Crippen molar-refractivity contribution in [1.82, 2.24) is 0 Å². The van der Waals surface area contributed by atoms with Gasteiger partial charge < -0.3 is 48.5 Å². The Hall–Kier alpha value is -1.87. The second kappa shape index (κ2) is 15.9. The molecule has 0 saturated carbocycles. The van der Waals surface area contributed by atoms with E-state index < -0.39 is 64.9 Å². The Kier molecular flexibility index (Phi) is 12.7. The molecule has 1 spiro atoms. The van der Waals surface area contributed by atoms with Gasteiger partial charge in [0.2, 0.25) is 5.79 Å². The van der Waals surface area contributed by atoms with Crippen molar-refractivity contribution in [2.45, 2.75) is 193 Å². The first-order valence-corrected chi connectivity index (χ1v) is 20.1. The molecule has 0 amide bonds. The topological polar surface area (TPSA) is 177 Å². The highest BCUT2D eigenvalue weighted by molar-refractivity contribution is 5.73. The zero-order valence-electron chi connectivity index (χ0n) is 33.5. The molecule has 5 fully saturated rings. The van der Waals surface area contributed by atoms with E-state index in [1.54, 1.807) is 13.8 Å². The van der Waals surface area contributed by atoms with Crippen molar-refractivity contribution in [2.24, 2.45) is 35.5 Å². The molecule has 13 nitrogen and oxygen atoms in total. The highest BCUT2D eigenvalue weighted by Gasteiger charge is 2.62. The second-order valence-electron chi connectivity index (χ2n) is 17.7. The number of hydrogen-bond acceptors (Lipinski definition) is 12. The minimum atomic E-state index is -1.59. The maximum absolute atomic E-state index is 12.4. The highest BCUT2D eigenvalue weighted by atomic mass is 16.7. The number of carboxylic acids is 1. The third kappa shape index (κ3) is 8.46. The highest BCUT2D eigenvalue weighted by Crippen LogP contribution is 2.54. The summed E-state index contributed by atoms with van der Waals surface area (Å²) in [5, 5.41) is 32.6. The zero-order valence-corrected chi connectivity index (χ0v) is 33.5. The van der Waals surface area contributed by atoms with Gasteiger partial charge in [-0.3, -0.25) is 14.4 Å². The van der Waals surface area contributed by atoms with E-state index in [0.29, 0.717) is 19.3 Å². The number of carbonyl (C=O) groups excluding carboxylic acids is 2. The summed E-state index contributed by atoms with van der Waals surface area (Å²) in [6.45, 7) is 18.7. The number of rotatable bonds is 12. The summed E-state index contributed by atoms with van der Waals surface area (Å²) >= 11 is 0. The van der Waals surface area contributed by atoms with Gasteiger partial charge in [0.25, 0.3) is 0 Å².